The van der Waals surface area contributed by atoms with Crippen LogP contribution < -0.4 is 0 Å². The van der Waals surface area contributed by atoms with Crippen molar-refractivity contribution in [1.29, 1.82) is 0 Å². The molecule has 2 aliphatic rings. The molecule has 1 aromatic rings. The lowest BCUT2D eigenvalue weighted by molar-refractivity contribution is -0.164. The standard InChI is InChI=1S/C27H37ClN2O6/c1-26(2,3)34-12-11-22(25(32)36-27(4,5)6)30-16-23(33-7)20(15-24(30)31)19-14-17(28)8-9-18(19)21-10-13-35-29-21/h8-9,14-16,22,24,31H,10-13H2,1-7H3. The maximum atomic E-state index is 13.2. The lowest BCUT2D eigenvalue weighted by atomic mass is 9.92. The number of aliphatic hydroxyl groups is 1. The number of ether oxygens (including phenoxy) is 3. The Morgan fingerprint density at radius 1 is 1.22 bits per heavy atom. The van der Waals surface area contributed by atoms with Crippen molar-refractivity contribution in [3.63, 3.8) is 0 Å². The fourth-order valence-corrected chi connectivity index (χ4v) is 4.15. The van der Waals surface area contributed by atoms with Crippen molar-refractivity contribution in [3.05, 3.63) is 52.4 Å². The minimum atomic E-state index is -1.13. The molecule has 0 aliphatic carbocycles. The molecule has 8 nitrogen and oxygen atoms in total. The van der Waals surface area contributed by atoms with Gasteiger partial charge in [-0.25, -0.2) is 4.79 Å². The topological polar surface area (TPSA) is 89.8 Å². The molecule has 0 amide bonds. The van der Waals surface area contributed by atoms with Crippen LogP contribution in [0.4, 0.5) is 0 Å². The first kappa shape index (κ1) is 28.0. The van der Waals surface area contributed by atoms with Gasteiger partial charge in [-0.05, 0) is 65.3 Å². The van der Waals surface area contributed by atoms with E-state index in [0.29, 0.717) is 42.4 Å². The minimum Gasteiger partial charge on any atom is -0.495 e. The number of carbonyl (C=O) groups excluding carboxylic acids is 1. The quantitative estimate of drug-likeness (QED) is 0.488. The Bertz CT molecular complexity index is 1050. The van der Waals surface area contributed by atoms with Crippen molar-refractivity contribution in [2.24, 2.45) is 5.16 Å². The summed E-state index contributed by atoms with van der Waals surface area (Å²) in [7, 11) is 1.54. The van der Waals surface area contributed by atoms with Crippen LogP contribution in [0.25, 0.3) is 5.57 Å². The van der Waals surface area contributed by atoms with E-state index in [1.807, 2.05) is 47.6 Å². The number of hydrogen-bond acceptors (Lipinski definition) is 8. The molecule has 2 unspecified atom stereocenters. The molecule has 0 saturated carbocycles. The Morgan fingerprint density at radius 3 is 2.53 bits per heavy atom. The first-order valence-electron chi connectivity index (χ1n) is 12.1. The summed E-state index contributed by atoms with van der Waals surface area (Å²) in [6.45, 7) is 12.1. The van der Waals surface area contributed by atoms with Crippen molar-refractivity contribution < 1.29 is 28.9 Å². The van der Waals surface area contributed by atoms with Crippen LogP contribution in [-0.2, 0) is 23.8 Å². The van der Waals surface area contributed by atoms with Crippen LogP contribution in [0.15, 0.2) is 41.4 Å². The first-order valence-corrected chi connectivity index (χ1v) is 12.5. The molecule has 2 aliphatic heterocycles. The fraction of sp³-hybridized carbons (Fsp3) is 0.556. The predicted octanol–water partition coefficient (Wildman–Crippen LogP) is 4.89. The lowest BCUT2D eigenvalue weighted by Gasteiger charge is -2.37. The summed E-state index contributed by atoms with van der Waals surface area (Å²) in [6, 6.07) is 4.68. The number of nitrogens with zero attached hydrogens (tertiary/aromatic N) is 2. The summed E-state index contributed by atoms with van der Waals surface area (Å²) in [5.41, 5.74) is 1.98. The average Bonchev–Trinajstić information content (AvgIpc) is 3.29. The second-order valence-electron chi connectivity index (χ2n) is 10.7. The molecule has 0 spiro atoms. The summed E-state index contributed by atoms with van der Waals surface area (Å²) in [5, 5.41) is 15.9. The van der Waals surface area contributed by atoms with Gasteiger partial charge >= 0.3 is 5.97 Å². The summed E-state index contributed by atoms with van der Waals surface area (Å²) < 4.78 is 17.3. The number of rotatable bonds is 8. The average molecular weight is 521 g/mol. The Kier molecular flexibility index (Phi) is 8.75. The van der Waals surface area contributed by atoms with Gasteiger partial charge in [-0.15, -0.1) is 0 Å². The Balaban J connectivity index is 1.97. The lowest BCUT2D eigenvalue weighted by Crippen LogP contribution is -2.48. The molecule has 1 aromatic carbocycles. The van der Waals surface area contributed by atoms with Crippen LogP contribution in [-0.4, -0.2) is 65.5 Å². The maximum absolute atomic E-state index is 13.2. The molecule has 2 heterocycles. The minimum absolute atomic E-state index is 0.307. The second kappa shape index (κ2) is 11.2. The van der Waals surface area contributed by atoms with Gasteiger partial charge in [0.15, 0.2) is 0 Å². The molecular weight excluding hydrogens is 484 g/mol. The second-order valence-corrected chi connectivity index (χ2v) is 11.2. The van der Waals surface area contributed by atoms with E-state index in [9.17, 15) is 9.90 Å². The van der Waals surface area contributed by atoms with E-state index in [4.69, 9.17) is 30.6 Å². The summed E-state index contributed by atoms with van der Waals surface area (Å²) in [4.78, 5) is 20.0. The van der Waals surface area contributed by atoms with Gasteiger partial charge in [0.1, 0.15) is 30.2 Å². The van der Waals surface area contributed by atoms with Gasteiger partial charge in [-0.1, -0.05) is 22.8 Å². The van der Waals surface area contributed by atoms with Gasteiger partial charge in [0.25, 0.3) is 0 Å². The highest BCUT2D eigenvalue weighted by Gasteiger charge is 2.35. The third-order valence-electron chi connectivity index (χ3n) is 5.53. The zero-order valence-corrected chi connectivity index (χ0v) is 22.9. The highest BCUT2D eigenvalue weighted by Crippen LogP contribution is 2.35. The van der Waals surface area contributed by atoms with E-state index in [0.717, 1.165) is 16.8 Å². The Labute approximate surface area is 218 Å². The van der Waals surface area contributed by atoms with Gasteiger partial charge in [0, 0.05) is 41.8 Å². The molecule has 9 heteroatoms. The molecule has 0 bridgehead atoms. The van der Waals surface area contributed by atoms with E-state index in [-0.39, 0.29) is 5.60 Å². The van der Waals surface area contributed by atoms with E-state index in [2.05, 4.69) is 5.16 Å². The van der Waals surface area contributed by atoms with Gasteiger partial charge < -0.3 is 29.1 Å². The van der Waals surface area contributed by atoms with Crippen LogP contribution in [0.3, 0.4) is 0 Å². The number of oxime groups is 1. The molecule has 36 heavy (non-hydrogen) atoms. The van der Waals surface area contributed by atoms with Crippen LogP contribution in [0.5, 0.6) is 0 Å². The van der Waals surface area contributed by atoms with Gasteiger partial charge in [-0.2, -0.15) is 0 Å². The molecule has 1 N–H and O–H groups in total. The molecule has 0 fully saturated rings. The van der Waals surface area contributed by atoms with Gasteiger partial charge in [-0.3, -0.25) is 0 Å². The van der Waals surface area contributed by atoms with E-state index in [1.165, 1.54) is 0 Å². The normalized spacial score (nSPS) is 19.2. The van der Waals surface area contributed by atoms with E-state index in [1.54, 1.807) is 36.4 Å². The number of benzene rings is 1. The largest absolute Gasteiger partial charge is 0.495 e. The van der Waals surface area contributed by atoms with Crippen LogP contribution >= 0.6 is 11.6 Å². The van der Waals surface area contributed by atoms with Crippen LogP contribution in [0.1, 0.15) is 65.5 Å². The molecule has 0 aromatic heterocycles. The number of aliphatic hydroxyl groups excluding tert-OH is 1. The van der Waals surface area contributed by atoms with Gasteiger partial charge in [0.2, 0.25) is 0 Å². The number of carbonyl (C=O) groups is 1. The third-order valence-corrected chi connectivity index (χ3v) is 5.76. The Hall–Kier alpha value is -2.55. The number of hydrogen-bond donors (Lipinski definition) is 1. The fourth-order valence-electron chi connectivity index (χ4n) is 3.98. The van der Waals surface area contributed by atoms with E-state index < -0.39 is 23.8 Å². The highest BCUT2D eigenvalue weighted by molar-refractivity contribution is 6.31. The molecular formula is C27H37ClN2O6. The molecule has 2 atom stereocenters. The summed E-state index contributed by atoms with van der Waals surface area (Å²) >= 11 is 6.34. The number of esters is 1. The molecule has 198 valence electrons. The smallest absolute Gasteiger partial charge is 0.329 e. The Morgan fingerprint density at radius 2 is 1.94 bits per heavy atom. The first-order chi connectivity index (χ1) is 16.8. The van der Waals surface area contributed by atoms with Gasteiger partial charge in [0.05, 0.1) is 18.4 Å². The van der Waals surface area contributed by atoms with Crippen molar-refractivity contribution in [2.45, 2.75) is 77.9 Å². The van der Waals surface area contributed by atoms with E-state index >= 15 is 0 Å². The molecule has 0 radical (unpaired) electrons. The van der Waals surface area contributed by atoms with Crippen LogP contribution in [0.2, 0.25) is 5.02 Å². The van der Waals surface area contributed by atoms with Crippen molar-refractivity contribution >= 4 is 28.9 Å². The predicted molar refractivity (Wildman–Crippen MR) is 139 cm³/mol. The molecule has 0 saturated heterocycles. The maximum Gasteiger partial charge on any atom is 0.329 e. The summed E-state index contributed by atoms with van der Waals surface area (Å²) in [6.07, 6.45) is 3.14. The number of halogens is 1. The van der Waals surface area contributed by atoms with Crippen molar-refractivity contribution in [3.8, 4) is 0 Å². The summed E-state index contributed by atoms with van der Waals surface area (Å²) in [5.74, 6) is 0.0112. The highest BCUT2D eigenvalue weighted by atomic mass is 35.5. The zero-order chi connectivity index (χ0) is 26.7. The molecule has 3 rings (SSSR count). The third kappa shape index (κ3) is 7.24. The van der Waals surface area contributed by atoms with Crippen LogP contribution in [0, 0.1) is 0 Å². The van der Waals surface area contributed by atoms with Crippen molar-refractivity contribution in [2.75, 3.05) is 20.3 Å². The van der Waals surface area contributed by atoms with Crippen molar-refractivity contribution in [1.82, 2.24) is 4.90 Å². The zero-order valence-electron chi connectivity index (χ0n) is 22.1. The number of allylic oxidation sites excluding steroid dienone is 1. The number of methoxy groups -OCH3 is 1. The monoisotopic (exact) mass is 520 g/mol. The SMILES string of the molecule is COC1=CN(C(CCOC(C)(C)C)C(=O)OC(C)(C)C)C(O)C=C1c1cc(Cl)ccc1C1=NOCC1.